The van der Waals surface area contributed by atoms with E-state index < -0.39 is 5.54 Å². The van der Waals surface area contributed by atoms with E-state index in [2.05, 4.69) is 4.99 Å². The van der Waals surface area contributed by atoms with E-state index in [0.29, 0.717) is 26.3 Å². The first-order valence-electron chi connectivity index (χ1n) is 6.25. The standard InChI is InChI=1S/C14H16N2O2/c1-11-14(15-11,12-5-3-2-4-6-12)13(17)16-7-9-18-10-8-16/h2-6H,7-10H2,1H3. The molecule has 2 heterocycles. The van der Waals surface area contributed by atoms with Gasteiger partial charge >= 0.3 is 0 Å². The molecule has 1 atom stereocenters. The Morgan fingerprint density at radius 3 is 2.44 bits per heavy atom. The summed E-state index contributed by atoms with van der Waals surface area (Å²) in [5.74, 6) is 0.0921. The molecule has 3 rings (SSSR count). The average Bonchev–Trinajstić information content (AvgIpc) is 3.13. The van der Waals surface area contributed by atoms with Gasteiger partial charge in [-0.1, -0.05) is 30.3 Å². The predicted molar refractivity (Wildman–Crippen MR) is 68.6 cm³/mol. The molecule has 18 heavy (non-hydrogen) atoms. The Hall–Kier alpha value is -1.68. The van der Waals surface area contributed by atoms with E-state index in [4.69, 9.17) is 4.74 Å². The number of morpholine rings is 1. The number of rotatable bonds is 2. The second kappa shape index (κ2) is 4.21. The molecule has 0 aliphatic carbocycles. The molecule has 0 spiro atoms. The number of carbonyl (C=O) groups excluding carboxylic acids is 1. The zero-order valence-electron chi connectivity index (χ0n) is 10.4. The molecule has 1 unspecified atom stereocenters. The largest absolute Gasteiger partial charge is 0.378 e. The summed E-state index contributed by atoms with van der Waals surface area (Å²) in [5.41, 5.74) is 1.17. The molecular formula is C14H16N2O2. The van der Waals surface area contributed by atoms with Crippen LogP contribution < -0.4 is 0 Å². The first-order chi connectivity index (χ1) is 8.75. The monoisotopic (exact) mass is 244 g/mol. The van der Waals surface area contributed by atoms with Crippen LogP contribution in [0.5, 0.6) is 0 Å². The Bertz CT molecular complexity index is 492. The lowest BCUT2D eigenvalue weighted by Gasteiger charge is -2.30. The van der Waals surface area contributed by atoms with E-state index >= 15 is 0 Å². The zero-order chi connectivity index (χ0) is 12.6. The minimum Gasteiger partial charge on any atom is -0.378 e. The highest BCUT2D eigenvalue weighted by Crippen LogP contribution is 2.41. The molecule has 1 fully saturated rings. The van der Waals surface area contributed by atoms with Crippen molar-refractivity contribution in [3.8, 4) is 0 Å². The van der Waals surface area contributed by atoms with Crippen molar-refractivity contribution in [2.24, 2.45) is 4.99 Å². The van der Waals surface area contributed by atoms with Crippen LogP contribution >= 0.6 is 0 Å². The lowest BCUT2D eigenvalue weighted by atomic mass is 9.92. The van der Waals surface area contributed by atoms with Gasteiger partial charge in [-0.3, -0.25) is 9.79 Å². The minimum absolute atomic E-state index is 0.0921. The predicted octanol–water partition coefficient (Wildman–Crippen LogP) is 1.22. The number of aliphatic imine (C=N–C) groups is 1. The van der Waals surface area contributed by atoms with E-state index in [1.807, 2.05) is 42.2 Å². The molecule has 1 aromatic carbocycles. The quantitative estimate of drug-likeness (QED) is 0.785. The van der Waals surface area contributed by atoms with E-state index in [-0.39, 0.29) is 5.91 Å². The van der Waals surface area contributed by atoms with Crippen molar-refractivity contribution in [1.82, 2.24) is 4.90 Å². The summed E-state index contributed by atoms with van der Waals surface area (Å²) in [6.07, 6.45) is 0. The van der Waals surface area contributed by atoms with Crippen LogP contribution in [0.25, 0.3) is 0 Å². The first-order valence-corrected chi connectivity index (χ1v) is 6.25. The van der Waals surface area contributed by atoms with Crippen LogP contribution in [-0.4, -0.2) is 42.8 Å². The van der Waals surface area contributed by atoms with Gasteiger partial charge in [0.25, 0.3) is 5.91 Å². The zero-order valence-corrected chi connectivity index (χ0v) is 10.4. The fourth-order valence-electron chi connectivity index (χ4n) is 2.50. The minimum atomic E-state index is -0.710. The van der Waals surface area contributed by atoms with Gasteiger partial charge in [0.05, 0.1) is 18.9 Å². The Kier molecular flexibility index (Phi) is 2.67. The second-order valence-corrected chi connectivity index (χ2v) is 4.68. The van der Waals surface area contributed by atoms with Gasteiger partial charge in [-0.2, -0.15) is 0 Å². The van der Waals surface area contributed by atoms with Crippen LogP contribution in [0.1, 0.15) is 12.5 Å². The van der Waals surface area contributed by atoms with E-state index in [0.717, 1.165) is 11.3 Å². The molecule has 0 aromatic heterocycles. The normalized spacial score (nSPS) is 26.7. The summed E-state index contributed by atoms with van der Waals surface area (Å²) in [7, 11) is 0. The third-order valence-electron chi connectivity index (χ3n) is 3.61. The van der Waals surface area contributed by atoms with Crippen molar-refractivity contribution in [3.05, 3.63) is 35.9 Å². The van der Waals surface area contributed by atoms with Gasteiger partial charge < -0.3 is 9.64 Å². The molecule has 0 bridgehead atoms. The maximum Gasteiger partial charge on any atom is 0.261 e. The van der Waals surface area contributed by atoms with Crippen molar-refractivity contribution < 1.29 is 9.53 Å². The molecule has 1 saturated heterocycles. The summed E-state index contributed by atoms with van der Waals surface area (Å²) in [4.78, 5) is 18.9. The smallest absolute Gasteiger partial charge is 0.261 e. The summed E-state index contributed by atoms with van der Waals surface area (Å²) < 4.78 is 5.28. The number of hydrogen-bond donors (Lipinski definition) is 0. The first kappa shape index (κ1) is 11.4. The third kappa shape index (κ3) is 1.64. The number of carbonyl (C=O) groups is 1. The highest BCUT2D eigenvalue weighted by Gasteiger charge is 2.54. The van der Waals surface area contributed by atoms with Gasteiger partial charge in [0, 0.05) is 13.1 Å². The summed E-state index contributed by atoms with van der Waals surface area (Å²) in [5, 5.41) is 0. The van der Waals surface area contributed by atoms with E-state index in [9.17, 15) is 4.79 Å². The van der Waals surface area contributed by atoms with Crippen LogP contribution in [0.2, 0.25) is 0 Å². The molecule has 4 nitrogen and oxygen atoms in total. The maximum absolute atomic E-state index is 12.6. The summed E-state index contributed by atoms with van der Waals surface area (Å²) in [6, 6.07) is 9.79. The topological polar surface area (TPSA) is 41.9 Å². The van der Waals surface area contributed by atoms with Gasteiger partial charge in [-0.15, -0.1) is 0 Å². The SMILES string of the molecule is CC1=NC1(C(=O)N1CCOCC1)c1ccccc1. The Morgan fingerprint density at radius 2 is 1.89 bits per heavy atom. The van der Waals surface area contributed by atoms with Crippen LogP contribution in [0, 0.1) is 0 Å². The molecule has 2 aliphatic rings. The van der Waals surface area contributed by atoms with Gasteiger partial charge in [-0.05, 0) is 12.5 Å². The van der Waals surface area contributed by atoms with Crippen molar-refractivity contribution in [2.75, 3.05) is 26.3 Å². The lowest BCUT2D eigenvalue weighted by Crippen LogP contribution is -2.47. The molecule has 1 aromatic rings. The highest BCUT2D eigenvalue weighted by molar-refractivity contribution is 6.22. The number of nitrogens with zero attached hydrogens (tertiary/aromatic N) is 2. The Morgan fingerprint density at radius 1 is 1.28 bits per heavy atom. The average molecular weight is 244 g/mol. The van der Waals surface area contributed by atoms with Crippen molar-refractivity contribution >= 4 is 11.6 Å². The molecule has 2 aliphatic heterocycles. The van der Waals surface area contributed by atoms with Crippen LogP contribution in [0.4, 0.5) is 0 Å². The number of hydrogen-bond acceptors (Lipinski definition) is 3. The molecule has 4 heteroatoms. The van der Waals surface area contributed by atoms with Gasteiger partial charge in [0.15, 0.2) is 0 Å². The lowest BCUT2D eigenvalue weighted by molar-refractivity contribution is -0.137. The Balaban J connectivity index is 1.87. The molecular weight excluding hydrogens is 228 g/mol. The fourth-order valence-corrected chi connectivity index (χ4v) is 2.50. The van der Waals surface area contributed by atoms with E-state index in [1.165, 1.54) is 0 Å². The van der Waals surface area contributed by atoms with Crippen molar-refractivity contribution in [1.29, 1.82) is 0 Å². The third-order valence-corrected chi connectivity index (χ3v) is 3.61. The summed E-state index contributed by atoms with van der Waals surface area (Å²) >= 11 is 0. The van der Waals surface area contributed by atoms with Gasteiger partial charge in [0.2, 0.25) is 5.54 Å². The second-order valence-electron chi connectivity index (χ2n) is 4.68. The van der Waals surface area contributed by atoms with Crippen LogP contribution in [-0.2, 0) is 15.1 Å². The molecule has 0 saturated carbocycles. The van der Waals surface area contributed by atoms with Crippen LogP contribution in [0.15, 0.2) is 35.3 Å². The molecule has 94 valence electrons. The molecule has 0 radical (unpaired) electrons. The molecule has 0 N–H and O–H groups in total. The highest BCUT2D eigenvalue weighted by atomic mass is 16.5. The van der Waals surface area contributed by atoms with Crippen molar-refractivity contribution in [3.63, 3.8) is 0 Å². The van der Waals surface area contributed by atoms with E-state index in [1.54, 1.807) is 0 Å². The maximum atomic E-state index is 12.6. The number of ether oxygens (including phenoxy) is 1. The van der Waals surface area contributed by atoms with Gasteiger partial charge in [-0.25, -0.2) is 0 Å². The van der Waals surface area contributed by atoms with Gasteiger partial charge in [0.1, 0.15) is 0 Å². The Labute approximate surface area is 106 Å². The van der Waals surface area contributed by atoms with Crippen LogP contribution in [0.3, 0.4) is 0 Å². The number of benzene rings is 1. The van der Waals surface area contributed by atoms with Crippen molar-refractivity contribution in [2.45, 2.75) is 12.5 Å². The fraction of sp³-hybridized carbons (Fsp3) is 0.429. The number of amides is 1. The summed E-state index contributed by atoms with van der Waals surface area (Å²) in [6.45, 7) is 4.49. The molecule has 1 amide bonds.